The van der Waals surface area contributed by atoms with Gasteiger partial charge in [-0.25, -0.2) is 0 Å². The first-order chi connectivity index (χ1) is 10.1. The normalized spacial score (nSPS) is 19.2. The fraction of sp³-hybridized carbons (Fsp3) is 0.667. The Morgan fingerprint density at radius 3 is 2.71 bits per heavy atom. The van der Waals surface area contributed by atoms with Gasteiger partial charge < -0.3 is 10.1 Å². The highest BCUT2D eigenvalue weighted by Gasteiger charge is 2.30. The summed E-state index contributed by atoms with van der Waals surface area (Å²) in [6.45, 7) is 11.1. The van der Waals surface area contributed by atoms with Gasteiger partial charge in [-0.1, -0.05) is 31.5 Å². The maximum absolute atomic E-state index is 5.54. The second-order valence-electron chi connectivity index (χ2n) is 6.29. The Morgan fingerprint density at radius 1 is 1.29 bits per heavy atom. The van der Waals surface area contributed by atoms with Crippen LogP contribution in [0, 0.1) is 6.92 Å². The lowest BCUT2D eigenvalue weighted by atomic mass is 9.92. The second-order valence-corrected chi connectivity index (χ2v) is 6.29. The third-order valence-electron chi connectivity index (χ3n) is 4.86. The molecule has 1 N–H and O–H groups in total. The van der Waals surface area contributed by atoms with Crippen molar-refractivity contribution in [2.75, 3.05) is 26.7 Å². The first-order valence-electron chi connectivity index (χ1n) is 8.23. The molecule has 3 heteroatoms. The van der Waals surface area contributed by atoms with E-state index in [4.69, 9.17) is 4.74 Å². The van der Waals surface area contributed by atoms with Crippen molar-refractivity contribution in [2.24, 2.45) is 0 Å². The van der Waals surface area contributed by atoms with E-state index in [1.807, 2.05) is 0 Å². The van der Waals surface area contributed by atoms with E-state index in [9.17, 15) is 0 Å². The largest absolute Gasteiger partial charge is 0.496 e. The fourth-order valence-corrected chi connectivity index (χ4v) is 3.35. The standard InChI is InChI=1S/C18H30N2O/c1-5-18(6-2)14-20(11-7-10-19-18)13-16-12-15(3)8-9-17(16)21-4/h8-9,12,19H,5-7,10-11,13-14H2,1-4H3. The molecule has 1 heterocycles. The molecule has 0 amide bonds. The lowest BCUT2D eigenvalue weighted by Gasteiger charge is -2.35. The number of nitrogens with one attached hydrogen (secondary N) is 1. The predicted octanol–water partition coefficient (Wildman–Crippen LogP) is 3.36. The molecule has 0 aromatic heterocycles. The van der Waals surface area contributed by atoms with Crippen LogP contribution < -0.4 is 10.1 Å². The fourth-order valence-electron chi connectivity index (χ4n) is 3.35. The van der Waals surface area contributed by atoms with Crippen LogP contribution in [0.25, 0.3) is 0 Å². The summed E-state index contributed by atoms with van der Waals surface area (Å²) in [7, 11) is 1.76. The Kier molecular flexibility index (Phi) is 5.65. The summed E-state index contributed by atoms with van der Waals surface area (Å²) < 4.78 is 5.54. The average Bonchev–Trinajstić information content (AvgIpc) is 2.70. The number of benzene rings is 1. The molecular weight excluding hydrogens is 260 g/mol. The van der Waals surface area contributed by atoms with Gasteiger partial charge in [-0.15, -0.1) is 0 Å². The van der Waals surface area contributed by atoms with E-state index in [-0.39, 0.29) is 5.54 Å². The molecule has 118 valence electrons. The van der Waals surface area contributed by atoms with Crippen molar-refractivity contribution in [2.45, 2.75) is 52.1 Å². The van der Waals surface area contributed by atoms with Gasteiger partial charge in [0.2, 0.25) is 0 Å². The van der Waals surface area contributed by atoms with Gasteiger partial charge in [-0.2, -0.15) is 0 Å². The van der Waals surface area contributed by atoms with E-state index in [0.29, 0.717) is 0 Å². The Labute approximate surface area is 129 Å². The van der Waals surface area contributed by atoms with Crippen LogP contribution in [-0.2, 0) is 6.54 Å². The van der Waals surface area contributed by atoms with Crippen LogP contribution in [0.1, 0.15) is 44.2 Å². The van der Waals surface area contributed by atoms with Crippen molar-refractivity contribution < 1.29 is 4.74 Å². The van der Waals surface area contributed by atoms with Crippen molar-refractivity contribution >= 4 is 0 Å². The number of aryl methyl sites for hydroxylation is 1. The zero-order valence-electron chi connectivity index (χ0n) is 14.0. The minimum atomic E-state index is 0.271. The van der Waals surface area contributed by atoms with Crippen LogP contribution in [0.3, 0.4) is 0 Å². The highest BCUT2D eigenvalue weighted by Crippen LogP contribution is 2.25. The zero-order valence-corrected chi connectivity index (χ0v) is 14.0. The van der Waals surface area contributed by atoms with Crippen LogP contribution in [0.15, 0.2) is 18.2 Å². The number of rotatable bonds is 5. The van der Waals surface area contributed by atoms with E-state index in [1.54, 1.807) is 7.11 Å². The van der Waals surface area contributed by atoms with Gasteiger partial charge in [0.15, 0.2) is 0 Å². The smallest absolute Gasteiger partial charge is 0.123 e. The van der Waals surface area contributed by atoms with E-state index >= 15 is 0 Å². The summed E-state index contributed by atoms with van der Waals surface area (Å²) in [5, 5.41) is 3.78. The minimum absolute atomic E-state index is 0.271. The molecule has 0 unspecified atom stereocenters. The van der Waals surface area contributed by atoms with Crippen LogP contribution in [0.5, 0.6) is 5.75 Å². The molecule has 0 radical (unpaired) electrons. The quantitative estimate of drug-likeness (QED) is 0.900. The highest BCUT2D eigenvalue weighted by atomic mass is 16.5. The predicted molar refractivity (Wildman–Crippen MR) is 88.9 cm³/mol. The second kappa shape index (κ2) is 7.28. The summed E-state index contributed by atoms with van der Waals surface area (Å²) >= 11 is 0. The third-order valence-corrected chi connectivity index (χ3v) is 4.86. The van der Waals surface area contributed by atoms with Crippen LogP contribution in [0.4, 0.5) is 0 Å². The highest BCUT2D eigenvalue weighted by molar-refractivity contribution is 5.36. The van der Waals surface area contributed by atoms with Crippen molar-refractivity contribution in [3.8, 4) is 5.75 Å². The number of methoxy groups -OCH3 is 1. The average molecular weight is 290 g/mol. The summed E-state index contributed by atoms with van der Waals surface area (Å²) in [5.74, 6) is 1.01. The third kappa shape index (κ3) is 3.98. The van der Waals surface area contributed by atoms with Crippen molar-refractivity contribution in [1.29, 1.82) is 0 Å². The summed E-state index contributed by atoms with van der Waals surface area (Å²) in [5.41, 5.74) is 2.88. The number of hydrogen-bond acceptors (Lipinski definition) is 3. The first kappa shape index (κ1) is 16.3. The Balaban J connectivity index is 2.16. The van der Waals surface area contributed by atoms with Crippen molar-refractivity contribution in [3.05, 3.63) is 29.3 Å². The van der Waals surface area contributed by atoms with Gasteiger partial charge in [-0.05, 0) is 45.3 Å². The van der Waals surface area contributed by atoms with Gasteiger partial charge in [0.25, 0.3) is 0 Å². The van der Waals surface area contributed by atoms with Gasteiger partial charge in [0, 0.05) is 24.2 Å². The summed E-state index contributed by atoms with van der Waals surface area (Å²) in [4.78, 5) is 2.59. The molecule has 21 heavy (non-hydrogen) atoms. The van der Waals surface area contributed by atoms with E-state index < -0.39 is 0 Å². The van der Waals surface area contributed by atoms with Gasteiger partial charge >= 0.3 is 0 Å². The molecular formula is C18H30N2O. The topological polar surface area (TPSA) is 24.5 Å². The number of hydrogen-bond donors (Lipinski definition) is 1. The van der Waals surface area contributed by atoms with Crippen molar-refractivity contribution in [3.63, 3.8) is 0 Å². The number of nitrogens with zero attached hydrogens (tertiary/aromatic N) is 1. The molecule has 0 aliphatic carbocycles. The van der Waals surface area contributed by atoms with E-state index in [1.165, 1.54) is 30.4 Å². The monoisotopic (exact) mass is 290 g/mol. The van der Waals surface area contributed by atoms with E-state index in [0.717, 1.165) is 31.9 Å². The van der Waals surface area contributed by atoms with E-state index in [2.05, 4.69) is 49.2 Å². The zero-order chi connectivity index (χ0) is 15.3. The molecule has 0 atom stereocenters. The lowest BCUT2D eigenvalue weighted by molar-refractivity contribution is 0.189. The summed E-state index contributed by atoms with van der Waals surface area (Å²) in [6.07, 6.45) is 3.59. The van der Waals surface area contributed by atoms with Gasteiger partial charge in [0.05, 0.1) is 7.11 Å². The van der Waals surface area contributed by atoms with Crippen LogP contribution >= 0.6 is 0 Å². The molecule has 1 aliphatic heterocycles. The molecule has 0 bridgehead atoms. The molecule has 0 spiro atoms. The molecule has 1 aliphatic rings. The minimum Gasteiger partial charge on any atom is -0.496 e. The molecule has 0 saturated carbocycles. The van der Waals surface area contributed by atoms with Crippen molar-refractivity contribution in [1.82, 2.24) is 10.2 Å². The maximum Gasteiger partial charge on any atom is 0.123 e. The Hall–Kier alpha value is -1.06. The molecule has 3 nitrogen and oxygen atoms in total. The Bertz CT molecular complexity index is 455. The molecule has 2 rings (SSSR count). The van der Waals surface area contributed by atoms with Gasteiger partial charge in [0.1, 0.15) is 5.75 Å². The number of ether oxygens (including phenoxy) is 1. The molecule has 1 aromatic carbocycles. The maximum atomic E-state index is 5.54. The molecule has 1 saturated heterocycles. The first-order valence-corrected chi connectivity index (χ1v) is 8.23. The van der Waals surface area contributed by atoms with Crippen LogP contribution in [-0.4, -0.2) is 37.2 Å². The SMILES string of the molecule is CCC1(CC)CN(Cc2cc(C)ccc2OC)CCCN1. The lowest BCUT2D eigenvalue weighted by Crippen LogP contribution is -2.50. The van der Waals surface area contributed by atoms with Gasteiger partial charge in [-0.3, -0.25) is 4.90 Å². The molecule has 1 fully saturated rings. The summed E-state index contributed by atoms with van der Waals surface area (Å²) in [6, 6.07) is 6.47. The molecule has 1 aromatic rings. The van der Waals surface area contributed by atoms with Crippen LogP contribution in [0.2, 0.25) is 0 Å². The Morgan fingerprint density at radius 2 is 2.05 bits per heavy atom.